The highest BCUT2D eigenvalue weighted by Crippen LogP contribution is 2.37. The van der Waals surface area contributed by atoms with Crippen molar-refractivity contribution < 1.29 is 27.4 Å². The number of esters is 1. The summed E-state index contributed by atoms with van der Waals surface area (Å²) in [6, 6.07) is 9.39. The van der Waals surface area contributed by atoms with E-state index < -0.39 is 21.6 Å². The van der Waals surface area contributed by atoms with Crippen molar-refractivity contribution in [2.45, 2.75) is 31.3 Å². The van der Waals surface area contributed by atoms with Crippen LogP contribution in [0.5, 0.6) is 11.5 Å². The van der Waals surface area contributed by atoms with E-state index in [0.717, 1.165) is 9.99 Å². The second-order valence-corrected chi connectivity index (χ2v) is 10.2. The molecule has 2 aromatic carbocycles. The average Bonchev–Trinajstić information content (AvgIpc) is 2.70. The Hall–Kier alpha value is -2.65. The molecule has 0 heterocycles. The maximum atomic E-state index is 13.8. The number of nitrogens with zero attached hydrogens (tertiary/aromatic N) is 2. The number of halogens is 1. The molecule has 2 rings (SSSR count). The van der Waals surface area contributed by atoms with Crippen LogP contribution >= 0.6 is 11.6 Å². The number of hydrogen-bond donors (Lipinski definition) is 0. The van der Waals surface area contributed by atoms with Crippen LogP contribution in [0.15, 0.2) is 41.3 Å². The fourth-order valence-corrected chi connectivity index (χ4v) is 5.05. The van der Waals surface area contributed by atoms with Crippen molar-refractivity contribution in [1.82, 2.24) is 0 Å². The van der Waals surface area contributed by atoms with E-state index in [1.165, 1.54) is 39.3 Å². The molecule has 0 amide bonds. The van der Waals surface area contributed by atoms with Crippen molar-refractivity contribution in [1.29, 1.82) is 0 Å². The van der Waals surface area contributed by atoms with E-state index in [9.17, 15) is 13.2 Å². The molecule has 0 saturated heterocycles. The number of anilines is 2. The van der Waals surface area contributed by atoms with Crippen molar-refractivity contribution in [2.75, 3.05) is 44.1 Å². The normalized spacial score (nSPS) is 11.6. The molecule has 0 aliphatic rings. The number of rotatable bonds is 9. The van der Waals surface area contributed by atoms with Crippen LogP contribution in [0.1, 0.15) is 20.8 Å². The number of ether oxygens (including phenoxy) is 3. The summed E-state index contributed by atoms with van der Waals surface area (Å²) in [5.74, 6) is 0.137. The number of benzene rings is 2. The van der Waals surface area contributed by atoms with Crippen LogP contribution in [0.3, 0.4) is 0 Å². The highest BCUT2D eigenvalue weighted by molar-refractivity contribution is 7.92. The summed E-state index contributed by atoms with van der Waals surface area (Å²) < 4.78 is 44.6. The van der Waals surface area contributed by atoms with Crippen LogP contribution in [-0.2, 0) is 19.6 Å². The quantitative estimate of drug-likeness (QED) is 0.498. The van der Waals surface area contributed by atoms with Gasteiger partial charge in [0, 0.05) is 32.8 Å². The van der Waals surface area contributed by atoms with Crippen LogP contribution in [-0.4, -0.2) is 54.8 Å². The Morgan fingerprint density at radius 1 is 1.03 bits per heavy atom. The van der Waals surface area contributed by atoms with Gasteiger partial charge in [-0.1, -0.05) is 11.6 Å². The first kappa shape index (κ1) is 25.6. The van der Waals surface area contributed by atoms with Gasteiger partial charge in [-0.2, -0.15) is 0 Å². The highest BCUT2D eigenvalue weighted by Gasteiger charge is 2.35. The Morgan fingerprint density at radius 2 is 1.66 bits per heavy atom. The molecule has 0 radical (unpaired) electrons. The van der Waals surface area contributed by atoms with Gasteiger partial charge in [-0.25, -0.2) is 8.42 Å². The van der Waals surface area contributed by atoms with Crippen LogP contribution in [0.2, 0.25) is 5.02 Å². The van der Waals surface area contributed by atoms with E-state index >= 15 is 0 Å². The van der Waals surface area contributed by atoms with E-state index in [2.05, 4.69) is 0 Å². The lowest BCUT2D eigenvalue weighted by Gasteiger charge is -2.34. The topological polar surface area (TPSA) is 85.4 Å². The summed E-state index contributed by atoms with van der Waals surface area (Å²) in [4.78, 5) is 13.4. The van der Waals surface area contributed by atoms with Gasteiger partial charge in [-0.15, -0.1) is 0 Å². The molecular weight excluding hydrogens is 456 g/mol. The summed E-state index contributed by atoms with van der Waals surface area (Å²) in [5, 5.41) is 0.235. The number of sulfonamides is 1. The molecule has 0 aliphatic carbocycles. The lowest BCUT2D eigenvalue weighted by molar-refractivity contribution is -0.152. The van der Waals surface area contributed by atoms with E-state index in [-0.39, 0.29) is 27.9 Å². The third-order valence-electron chi connectivity index (χ3n) is 4.60. The molecule has 0 bridgehead atoms. The molecule has 0 atom stereocenters. The van der Waals surface area contributed by atoms with Gasteiger partial charge in [0.2, 0.25) is 0 Å². The molecule has 0 unspecified atom stereocenters. The van der Waals surface area contributed by atoms with E-state index in [4.69, 9.17) is 25.8 Å². The van der Waals surface area contributed by atoms with Gasteiger partial charge in [-0.05, 0) is 44.2 Å². The van der Waals surface area contributed by atoms with E-state index in [1.807, 2.05) is 19.0 Å². The molecule has 176 valence electrons. The number of hydrogen-bond acceptors (Lipinski definition) is 7. The summed E-state index contributed by atoms with van der Waals surface area (Å²) >= 11 is 6.45. The predicted octanol–water partition coefficient (Wildman–Crippen LogP) is 3.96. The zero-order valence-corrected chi connectivity index (χ0v) is 20.9. The minimum Gasteiger partial charge on any atom is -0.493 e. The third-order valence-corrected chi connectivity index (χ3v) is 6.68. The first-order valence-electron chi connectivity index (χ1n) is 9.73. The lowest BCUT2D eigenvalue weighted by Crippen LogP contribution is -2.45. The summed E-state index contributed by atoms with van der Waals surface area (Å²) in [6.07, 6.45) is 0. The fourth-order valence-electron chi connectivity index (χ4n) is 3.14. The van der Waals surface area contributed by atoms with Crippen LogP contribution < -0.4 is 18.7 Å². The number of methoxy groups -OCH3 is 2. The Bertz CT molecular complexity index is 1090. The predicted molar refractivity (Wildman–Crippen MR) is 126 cm³/mol. The molecule has 0 saturated carbocycles. The smallest absolute Gasteiger partial charge is 0.303 e. The van der Waals surface area contributed by atoms with Gasteiger partial charge >= 0.3 is 5.97 Å². The zero-order valence-electron chi connectivity index (χ0n) is 19.3. The molecule has 8 nitrogen and oxygen atoms in total. The molecular formula is C22H29ClN2O6S. The molecule has 2 aromatic rings. The largest absolute Gasteiger partial charge is 0.493 e. The monoisotopic (exact) mass is 484 g/mol. The van der Waals surface area contributed by atoms with Gasteiger partial charge in [-0.3, -0.25) is 9.10 Å². The molecule has 0 fully saturated rings. The Labute approximate surface area is 194 Å². The molecule has 0 aliphatic heterocycles. The van der Waals surface area contributed by atoms with E-state index in [1.54, 1.807) is 32.0 Å². The van der Waals surface area contributed by atoms with Gasteiger partial charge in [0.05, 0.1) is 36.4 Å². The van der Waals surface area contributed by atoms with Crippen molar-refractivity contribution in [2.24, 2.45) is 0 Å². The van der Waals surface area contributed by atoms with Crippen molar-refractivity contribution >= 4 is 39.0 Å². The average molecular weight is 485 g/mol. The minimum atomic E-state index is -4.14. The second kappa shape index (κ2) is 9.87. The Morgan fingerprint density at radius 3 is 2.19 bits per heavy atom. The number of carbonyl (C=O) groups excluding carboxylic acids is 1. The summed E-state index contributed by atoms with van der Waals surface area (Å²) in [5.41, 5.74) is -0.123. The summed E-state index contributed by atoms with van der Waals surface area (Å²) in [6.45, 7) is 4.37. The molecule has 0 N–H and O–H groups in total. The standard InChI is InChI=1S/C22H29ClN2O6S/c1-15(26)31-22(2,3)14-25(19-12-16(24(4)5)8-10-18(19)23)32(27,28)17-9-11-20(29-6)21(13-17)30-7/h8-13H,14H2,1-7H3. The SMILES string of the molecule is COc1ccc(S(=O)(=O)N(CC(C)(C)OC(C)=O)c2cc(N(C)C)ccc2Cl)cc1OC. The lowest BCUT2D eigenvalue weighted by atomic mass is 10.1. The maximum Gasteiger partial charge on any atom is 0.303 e. The Kier molecular flexibility index (Phi) is 7.90. The van der Waals surface area contributed by atoms with Crippen molar-refractivity contribution in [3.63, 3.8) is 0 Å². The number of carbonyl (C=O) groups is 1. The van der Waals surface area contributed by atoms with Crippen molar-refractivity contribution in [3.8, 4) is 11.5 Å². The van der Waals surface area contributed by atoms with Gasteiger partial charge in [0.15, 0.2) is 11.5 Å². The van der Waals surface area contributed by atoms with Crippen LogP contribution in [0.25, 0.3) is 0 Å². The minimum absolute atomic E-state index is 0.0277. The van der Waals surface area contributed by atoms with Gasteiger partial charge in [0.1, 0.15) is 5.60 Å². The second-order valence-electron chi connectivity index (χ2n) is 7.91. The first-order chi connectivity index (χ1) is 14.8. The summed E-state index contributed by atoms with van der Waals surface area (Å²) in [7, 11) is 2.42. The molecule has 32 heavy (non-hydrogen) atoms. The molecule has 0 aromatic heterocycles. The van der Waals surface area contributed by atoms with E-state index in [0.29, 0.717) is 5.75 Å². The maximum absolute atomic E-state index is 13.8. The van der Waals surface area contributed by atoms with Crippen LogP contribution in [0.4, 0.5) is 11.4 Å². The van der Waals surface area contributed by atoms with Gasteiger partial charge < -0.3 is 19.1 Å². The van der Waals surface area contributed by atoms with Crippen molar-refractivity contribution in [3.05, 3.63) is 41.4 Å². The molecule has 10 heteroatoms. The fraction of sp³-hybridized carbons (Fsp3) is 0.409. The van der Waals surface area contributed by atoms with Crippen LogP contribution in [0, 0.1) is 0 Å². The molecule has 0 spiro atoms. The first-order valence-corrected chi connectivity index (χ1v) is 11.6. The zero-order chi connectivity index (χ0) is 24.3. The third kappa shape index (κ3) is 5.77. The van der Waals surface area contributed by atoms with Gasteiger partial charge in [0.25, 0.3) is 10.0 Å². The highest BCUT2D eigenvalue weighted by atomic mass is 35.5. The Balaban J connectivity index is 2.71.